The van der Waals surface area contributed by atoms with E-state index < -0.39 is 6.16 Å². The SMILES string of the molecule is COC(=O)Cc1ccc(Br)cc1.COC(=O)OC. The average molecular weight is 319 g/mol. The third-order valence-electron chi connectivity index (χ3n) is 1.82. The van der Waals surface area contributed by atoms with E-state index in [1.807, 2.05) is 24.3 Å². The van der Waals surface area contributed by atoms with Crippen molar-refractivity contribution >= 4 is 28.1 Å². The maximum atomic E-state index is 10.8. The van der Waals surface area contributed by atoms with Crippen LogP contribution in [-0.2, 0) is 25.4 Å². The summed E-state index contributed by atoms with van der Waals surface area (Å²) in [7, 11) is 3.90. The lowest BCUT2D eigenvalue weighted by molar-refractivity contribution is -0.139. The van der Waals surface area contributed by atoms with Crippen LogP contribution in [0.25, 0.3) is 0 Å². The number of hydrogen-bond acceptors (Lipinski definition) is 5. The molecule has 0 aliphatic rings. The predicted molar refractivity (Wildman–Crippen MR) is 69.3 cm³/mol. The lowest BCUT2D eigenvalue weighted by Crippen LogP contribution is -2.03. The number of hydrogen-bond donors (Lipinski definition) is 0. The first kappa shape index (κ1) is 16.4. The number of esters is 1. The van der Waals surface area contributed by atoms with E-state index in [-0.39, 0.29) is 5.97 Å². The van der Waals surface area contributed by atoms with Gasteiger partial charge in [0.05, 0.1) is 27.8 Å². The highest BCUT2D eigenvalue weighted by Gasteiger charge is 2.01. The first-order chi connectivity index (χ1) is 8.53. The summed E-state index contributed by atoms with van der Waals surface area (Å²) in [6.45, 7) is 0. The van der Waals surface area contributed by atoms with Gasteiger partial charge in [-0.2, -0.15) is 0 Å². The van der Waals surface area contributed by atoms with Crippen LogP contribution < -0.4 is 0 Å². The minimum absolute atomic E-state index is 0.211. The van der Waals surface area contributed by atoms with Crippen molar-refractivity contribution in [3.63, 3.8) is 0 Å². The molecule has 1 aromatic rings. The van der Waals surface area contributed by atoms with Gasteiger partial charge >= 0.3 is 12.1 Å². The van der Waals surface area contributed by atoms with Crippen molar-refractivity contribution in [3.05, 3.63) is 34.3 Å². The number of carbonyl (C=O) groups is 2. The zero-order valence-electron chi connectivity index (χ0n) is 10.4. The molecule has 0 saturated carbocycles. The molecule has 6 heteroatoms. The Morgan fingerprint density at radius 1 is 1.00 bits per heavy atom. The van der Waals surface area contributed by atoms with E-state index in [0.29, 0.717) is 6.42 Å². The van der Waals surface area contributed by atoms with Crippen LogP contribution in [0.2, 0.25) is 0 Å². The third-order valence-corrected chi connectivity index (χ3v) is 2.35. The first-order valence-electron chi connectivity index (χ1n) is 4.96. The maximum absolute atomic E-state index is 10.8. The highest BCUT2D eigenvalue weighted by atomic mass is 79.9. The van der Waals surface area contributed by atoms with E-state index in [2.05, 4.69) is 30.1 Å². The van der Waals surface area contributed by atoms with Crippen LogP contribution in [-0.4, -0.2) is 33.5 Å². The van der Waals surface area contributed by atoms with Gasteiger partial charge in [-0.1, -0.05) is 28.1 Å². The second-order valence-electron chi connectivity index (χ2n) is 3.04. The van der Waals surface area contributed by atoms with Gasteiger partial charge in [-0.3, -0.25) is 4.79 Å². The summed E-state index contributed by atoms with van der Waals surface area (Å²) < 4.78 is 13.6. The van der Waals surface area contributed by atoms with Crippen molar-refractivity contribution in [1.29, 1.82) is 0 Å². The van der Waals surface area contributed by atoms with Crippen LogP contribution in [0, 0.1) is 0 Å². The Bertz CT molecular complexity index is 369. The van der Waals surface area contributed by atoms with Crippen LogP contribution in [0.15, 0.2) is 28.7 Å². The maximum Gasteiger partial charge on any atom is 0.507 e. The van der Waals surface area contributed by atoms with E-state index in [0.717, 1.165) is 10.0 Å². The molecule has 0 aliphatic heterocycles. The molecule has 0 heterocycles. The fourth-order valence-electron chi connectivity index (χ4n) is 0.924. The highest BCUT2D eigenvalue weighted by molar-refractivity contribution is 9.10. The second-order valence-corrected chi connectivity index (χ2v) is 3.95. The lowest BCUT2D eigenvalue weighted by Gasteiger charge is -1.98. The predicted octanol–water partition coefficient (Wildman–Crippen LogP) is 2.56. The van der Waals surface area contributed by atoms with E-state index in [9.17, 15) is 9.59 Å². The van der Waals surface area contributed by atoms with Gasteiger partial charge in [0.25, 0.3) is 0 Å². The van der Waals surface area contributed by atoms with Crippen LogP contribution >= 0.6 is 15.9 Å². The number of halogens is 1. The van der Waals surface area contributed by atoms with Crippen LogP contribution in [0.3, 0.4) is 0 Å². The molecule has 0 aromatic heterocycles. The summed E-state index contributed by atoms with van der Waals surface area (Å²) in [4.78, 5) is 20.6. The van der Waals surface area contributed by atoms with Gasteiger partial charge in [0, 0.05) is 4.47 Å². The Hall–Kier alpha value is -1.56. The lowest BCUT2D eigenvalue weighted by atomic mass is 10.2. The van der Waals surface area contributed by atoms with E-state index in [1.54, 1.807) is 0 Å². The summed E-state index contributed by atoms with van der Waals surface area (Å²) >= 11 is 3.31. The molecule has 0 radical (unpaired) electrons. The van der Waals surface area contributed by atoms with Crippen molar-refractivity contribution < 1.29 is 23.8 Å². The average Bonchev–Trinajstić information content (AvgIpc) is 2.41. The van der Waals surface area contributed by atoms with Gasteiger partial charge in [-0.15, -0.1) is 0 Å². The largest absolute Gasteiger partial charge is 0.507 e. The molecule has 1 rings (SSSR count). The van der Waals surface area contributed by atoms with Gasteiger partial charge in [-0.05, 0) is 17.7 Å². The Kier molecular flexibility index (Phi) is 8.65. The van der Waals surface area contributed by atoms with E-state index in [4.69, 9.17) is 0 Å². The number of ether oxygens (including phenoxy) is 3. The first-order valence-corrected chi connectivity index (χ1v) is 5.76. The molecular formula is C12H15BrO5. The van der Waals surface area contributed by atoms with Gasteiger partial charge in [0.1, 0.15) is 0 Å². The highest BCUT2D eigenvalue weighted by Crippen LogP contribution is 2.10. The summed E-state index contributed by atoms with van der Waals surface area (Å²) in [5.41, 5.74) is 0.963. The number of methoxy groups -OCH3 is 3. The molecule has 0 amide bonds. The molecule has 0 N–H and O–H groups in total. The molecule has 0 atom stereocenters. The van der Waals surface area contributed by atoms with Crippen LogP contribution in [0.1, 0.15) is 5.56 Å². The zero-order valence-corrected chi connectivity index (χ0v) is 12.0. The fourth-order valence-corrected chi connectivity index (χ4v) is 1.19. The van der Waals surface area contributed by atoms with Crippen molar-refractivity contribution in [2.24, 2.45) is 0 Å². The smallest absolute Gasteiger partial charge is 0.469 e. The summed E-state index contributed by atoms with van der Waals surface area (Å²) in [6, 6.07) is 7.58. The Morgan fingerprint density at radius 3 is 1.83 bits per heavy atom. The van der Waals surface area contributed by atoms with Gasteiger partial charge < -0.3 is 14.2 Å². The second kappa shape index (κ2) is 9.47. The van der Waals surface area contributed by atoms with E-state index >= 15 is 0 Å². The number of benzene rings is 1. The third kappa shape index (κ3) is 7.67. The van der Waals surface area contributed by atoms with E-state index in [1.165, 1.54) is 21.3 Å². The topological polar surface area (TPSA) is 61.8 Å². The van der Waals surface area contributed by atoms with Gasteiger partial charge in [0.2, 0.25) is 0 Å². The Labute approximate surface area is 114 Å². The standard InChI is InChI=1S/C9H9BrO2.C3H6O3/c1-12-9(11)6-7-2-4-8(10)5-3-7;1-5-3(4)6-2/h2-5H,6H2,1H3;1-2H3. The van der Waals surface area contributed by atoms with Gasteiger partial charge in [-0.25, -0.2) is 4.79 Å². The van der Waals surface area contributed by atoms with Crippen molar-refractivity contribution in [3.8, 4) is 0 Å². The van der Waals surface area contributed by atoms with Crippen molar-refractivity contribution in [2.45, 2.75) is 6.42 Å². The molecule has 0 saturated heterocycles. The summed E-state index contributed by atoms with van der Waals surface area (Å²) in [6.07, 6.45) is -0.320. The molecule has 0 fully saturated rings. The van der Waals surface area contributed by atoms with Crippen LogP contribution in [0.5, 0.6) is 0 Å². The van der Waals surface area contributed by atoms with Crippen molar-refractivity contribution in [2.75, 3.05) is 21.3 Å². The van der Waals surface area contributed by atoms with Crippen LogP contribution in [0.4, 0.5) is 4.79 Å². The van der Waals surface area contributed by atoms with Crippen molar-refractivity contribution in [1.82, 2.24) is 0 Å². The number of carbonyl (C=O) groups excluding carboxylic acids is 2. The minimum Gasteiger partial charge on any atom is -0.469 e. The molecule has 0 unspecified atom stereocenters. The molecule has 0 bridgehead atoms. The quantitative estimate of drug-likeness (QED) is 0.784. The summed E-state index contributed by atoms with van der Waals surface area (Å²) in [5.74, 6) is -0.211. The zero-order chi connectivity index (χ0) is 14.0. The summed E-state index contributed by atoms with van der Waals surface area (Å²) in [5, 5.41) is 0. The molecular weight excluding hydrogens is 304 g/mol. The monoisotopic (exact) mass is 318 g/mol. The molecule has 1 aromatic carbocycles. The normalized spacial score (nSPS) is 8.67. The molecule has 100 valence electrons. The fraction of sp³-hybridized carbons (Fsp3) is 0.333. The molecule has 18 heavy (non-hydrogen) atoms. The minimum atomic E-state index is -0.657. The molecule has 0 aliphatic carbocycles. The Morgan fingerprint density at radius 2 is 1.50 bits per heavy atom. The molecule has 5 nitrogen and oxygen atoms in total. The van der Waals surface area contributed by atoms with Gasteiger partial charge in [0.15, 0.2) is 0 Å². The number of rotatable bonds is 2. The molecule has 0 spiro atoms. The Balaban J connectivity index is 0.000000411.